The molecule has 2 rings (SSSR count). The molecule has 2 N–H and O–H groups in total. The van der Waals surface area contributed by atoms with Crippen LogP contribution in [0.3, 0.4) is 0 Å². The molecule has 0 atom stereocenters. The molecule has 0 aliphatic heterocycles. The zero-order valence-electron chi connectivity index (χ0n) is 13.7. The van der Waals surface area contributed by atoms with Crippen LogP contribution in [0.5, 0.6) is 17.2 Å². The van der Waals surface area contributed by atoms with Crippen LogP contribution in [0, 0.1) is 0 Å². The van der Waals surface area contributed by atoms with Crippen molar-refractivity contribution >= 4 is 5.78 Å². The van der Waals surface area contributed by atoms with Crippen molar-refractivity contribution in [1.29, 1.82) is 0 Å². The first-order valence-electron chi connectivity index (χ1n) is 7.75. The summed E-state index contributed by atoms with van der Waals surface area (Å²) in [5, 5.41) is 0. The Morgan fingerprint density at radius 2 is 1.70 bits per heavy atom. The molecule has 0 saturated heterocycles. The third-order valence-electron chi connectivity index (χ3n) is 3.58. The van der Waals surface area contributed by atoms with Gasteiger partial charge in [-0.1, -0.05) is 18.2 Å². The smallest absolute Gasteiger partial charge is 0.169 e. The SMILES string of the molecule is COc1ccc(CCN)cc1Oc1ccc(CCC(C)=O)cc1. The average Bonchev–Trinajstić information content (AvgIpc) is 2.55. The van der Waals surface area contributed by atoms with Gasteiger partial charge in [0.05, 0.1) is 7.11 Å². The van der Waals surface area contributed by atoms with Gasteiger partial charge in [-0.25, -0.2) is 0 Å². The second-order valence-electron chi connectivity index (χ2n) is 5.47. The Balaban J connectivity index is 2.11. The lowest BCUT2D eigenvalue weighted by Gasteiger charge is -2.12. The number of methoxy groups -OCH3 is 1. The van der Waals surface area contributed by atoms with E-state index >= 15 is 0 Å². The van der Waals surface area contributed by atoms with Crippen molar-refractivity contribution < 1.29 is 14.3 Å². The highest BCUT2D eigenvalue weighted by molar-refractivity contribution is 5.75. The lowest BCUT2D eigenvalue weighted by atomic mass is 10.1. The van der Waals surface area contributed by atoms with Gasteiger partial charge in [0, 0.05) is 6.42 Å². The van der Waals surface area contributed by atoms with E-state index in [0.717, 1.165) is 29.7 Å². The Hall–Kier alpha value is -2.33. The molecule has 2 aromatic rings. The van der Waals surface area contributed by atoms with Crippen LogP contribution in [0.2, 0.25) is 0 Å². The Bertz CT molecular complexity index is 650. The fourth-order valence-corrected chi connectivity index (χ4v) is 2.29. The third kappa shape index (κ3) is 5.11. The largest absolute Gasteiger partial charge is 0.493 e. The lowest BCUT2D eigenvalue weighted by Crippen LogP contribution is -2.03. The molecule has 122 valence electrons. The number of carbonyl (C=O) groups is 1. The number of hydrogen-bond acceptors (Lipinski definition) is 4. The first-order chi connectivity index (χ1) is 11.1. The van der Waals surface area contributed by atoms with Gasteiger partial charge >= 0.3 is 0 Å². The Labute approximate surface area is 137 Å². The summed E-state index contributed by atoms with van der Waals surface area (Å²) >= 11 is 0. The van der Waals surface area contributed by atoms with Crippen LogP contribution in [-0.4, -0.2) is 19.4 Å². The first-order valence-corrected chi connectivity index (χ1v) is 7.75. The topological polar surface area (TPSA) is 61.6 Å². The van der Waals surface area contributed by atoms with Gasteiger partial charge in [0.15, 0.2) is 11.5 Å². The highest BCUT2D eigenvalue weighted by atomic mass is 16.5. The predicted octanol–water partition coefficient (Wildman–Crippen LogP) is 3.51. The quantitative estimate of drug-likeness (QED) is 0.810. The van der Waals surface area contributed by atoms with E-state index in [1.54, 1.807) is 14.0 Å². The van der Waals surface area contributed by atoms with Crippen molar-refractivity contribution in [2.45, 2.75) is 26.2 Å². The van der Waals surface area contributed by atoms with Crippen LogP contribution in [0.15, 0.2) is 42.5 Å². The summed E-state index contributed by atoms with van der Waals surface area (Å²) in [7, 11) is 1.62. The molecule has 0 unspecified atom stereocenters. The summed E-state index contributed by atoms with van der Waals surface area (Å²) in [5.74, 6) is 2.30. The van der Waals surface area contributed by atoms with Crippen molar-refractivity contribution in [1.82, 2.24) is 0 Å². The molecule has 0 aliphatic carbocycles. The zero-order valence-corrected chi connectivity index (χ0v) is 13.7. The van der Waals surface area contributed by atoms with Gasteiger partial charge in [0.25, 0.3) is 0 Å². The monoisotopic (exact) mass is 313 g/mol. The zero-order chi connectivity index (χ0) is 16.7. The predicted molar refractivity (Wildman–Crippen MR) is 91.3 cm³/mol. The van der Waals surface area contributed by atoms with Crippen LogP contribution in [-0.2, 0) is 17.6 Å². The number of benzene rings is 2. The summed E-state index contributed by atoms with van der Waals surface area (Å²) < 4.78 is 11.3. The van der Waals surface area contributed by atoms with Gasteiger partial charge in [0.2, 0.25) is 0 Å². The fourth-order valence-electron chi connectivity index (χ4n) is 2.29. The minimum atomic E-state index is 0.201. The molecular formula is C19H23NO3. The molecule has 0 heterocycles. The van der Waals surface area contributed by atoms with E-state index < -0.39 is 0 Å². The molecule has 0 aromatic heterocycles. The molecule has 0 saturated carbocycles. The first kappa shape index (κ1) is 17.0. The van der Waals surface area contributed by atoms with Gasteiger partial charge in [0.1, 0.15) is 11.5 Å². The summed E-state index contributed by atoms with van der Waals surface area (Å²) in [6.45, 7) is 2.20. The van der Waals surface area contributed by atoms with Crippen LogP contribution in [0.25, 0.3) is 0 Å². The van der Waals surface area contributed by atoms with E-state index in [1.165, 1.54) is 0 Å². The van der Waals surface area contributed by atoms with Gasteiger partial charge in [-0.05, 0) is 61.7 Å². The number of carbonyl (C=O) groups excluding carboxylic acids is 1. The molecule has 0 bridgehead atoms. The number of nitrogens with two attached hydrogens (primary N) is 1. The maximum absolute atomic E-state index is 11.0. The highest BCUT2D eigenvalue weighted by Crippen LogP contribution is 2.32. The highest BCUT2D eigenvalue weighted by Gasteiger charge is 2.07. The number of rotatable bonds is 8. The number of Topliss-reactive ketones (excluding diaryl/α,β-unsaturated/α-hetero) is 1. The summed E-state index contributed by atoms with van der Waals surface area (Å²) in [6, 6.07) is 13.6. The molecule has 23 heavy (non-hydrogen) atoms. The van der Waals surface area contributed by atoms with Gasteiger partial charge < -0.3 is 20.0 Å². The molecule has 0 spiro atoms. The van der Waals surface area contributed by atoms with E-state index in [4.69, 9.17) is 15.2 Å². The Morgan fingerprint density at radius 3 is 2.30 bits per heavy atom. The van der Waals surface area contributed by atoms with E-state index in [0.29, 0.717) is 24.5 Å². The van der Waals surface area contributed by atoms with Crippen LogP contribution < -0.4 is 15.2 Å². The third-order valence-corrected chi connectivity index (χ3v) is 3.58. The Morgan fingerprint density at radius 1 is 1.00 bits per heavy atom. The van der Waals surface area contributed by atoms with Crippen LogP contribution in [0.4, 0.5) is 0 Å². The van der Waals surface area contributed by atoms with E-state index in [1.807, 2.05) is 42.5 Å². The molecule has 4 heteroatoms. The maximum Gasteiger partial charge on any atom is 0.169 e. The van der Waals surface area contributed by atoms with Crippen molar-refractivity contribution in [2.24, 2.45) is 5.73 Å². The molecule has 0 aliphatic rings. The van der Waals surface area contributed by atoms with Crippen LogP contribution in [0.1, 0.15) is 24.5 Å². The normalized spacial score (nSPS) is 10.4. The number of ketones is 1. The second kappa shape index (κ2) is 8.34. The number of hydrogen-bond donors (Lipinski definition) is 1. The molecule has 0 fully saturated rings. The van der Waals surface area contributed by atoms with E-state index in [-0.39, 0.29) is 5.78 Å². The fraction of sp³-hybridized carbons (Fsp3) is 0.316. The average molecular weight is 313 g/mol. The van der Waals surface area contributed by atoms with E-state index in [9.17, 15) is 4.79 Å². The standard InChI is InChI=1S/C19H23NO3/c1-14(21)3-4-15-5-8-17(9-6-15)23-19-13-16(11-12-20)7-10-18(19)22-2/h5-10,13H,3-4,11-12,20H2,1-2H3. The van der Waals surface area contributed by atoms with E-state index in [2.05, 4.69) is 0 Å². The lowest BCUT2D eigenvalue weighted by molar-refractivity contribution is -0.116. The van der Waals surface area contributed by atoms with Crippen molar-refractivity contribution in [2.75, 3.05) is 13.7 Å². The van der Waals surface area contributed by atoms with Gasteiger partial charge in [-0.2, -0.15) is 0 Å². The molecule has 4 nitrogen and oxygen atoms in total. The molecule has 2 aromatic carbocycles. The number of aryl methyl sites for hydroxylation is 1. The molecule has 0 radical (unpaired) electrons. The minimum absolute atomic E-state index is 0.201. The van der Waals surface area contributed by atoms with Gasteiger partial charge in [-0.15, -0.1) is 0 Å². The Kier molecular flexibility index (Phi) is 6.18. The minimum Gasteiger partial charge on any atom is -0.493 e. The van der Waals surface area contributed by atoms with Crippen molar-refractivity contribution in [3.8, 4) is 17.2 Å². The van der Waals surface area contributed by atoms with Crippen molar-refractivity contribution in [3.05, 3.63) is 53.6 Å². The van der Waals surface area contributed by atoms with Crippen LogP contribution >= 0.6 is 0 Å². The summed E-state index contributed by atoms with van der Waals surface area (Å²) in [4.78, 5) is 11.0. The molecule has 0 amide bonds. The molecular weight excluding hydrogens is 290 g/mol. The van der Waals surface area contributed by atoms with Gasteiger partial charge in [-0.3, -0.25) is 0 Å². The maximum atomic E-state index is 11.0. The van der Waals surface area contributed by atoms with Crippen molar-refractivity contribution in [3.63, 3.8) is 0 Å². The summed E-state index contributed by atoms with van der Waals surface area (Å²) in [5.41, 5.74) is 7.84. The number of ether oxygens (including phenoxy) is 2. The summed E-state index contributed by atoms with van der Waals surface area (Å²) in [6.07, 6.45) is 2.12. The second-order valence-corrected chi connectivity index (χ2v) is 5.47.